The van der Waals surface area contributed by atoms with Crippen LogP contribution in [0.3, 0.4) is 0 Å². The number of halogens is 5. The van der Waals surface area contributed by atoms with Crippen molar-refractivity contribution in [1.82, 2.24) is 0 Å². The fraction of sp³-hybridized carbons (Fsp3) is 0.923. The maximum atomic E-state index is 12.7. The van der Waals surface area contributed by atoms with Crippen LogP contribution in [0.5, 0.6) is 0 Å². The van der Waals surface area contributed by atoms with Crippen LogP contribution in [0.25, 0.3) is 0 Å². The molecular weight excluding hydrogens is 315 g/mol. The van der Waals surface area contributed by atoms with E-state index in [4.69, 9.17) is 4.74 Å². The summed E-state index contributed by atoms with van der Waals surface area (Å²) < 4.78 is 66.2. The van der Waals surface area contributed by atoms with Gasteiger partial charge in [-0.1, -0.05) is 19.8 Å². The van der Waals surface area contributed by atoms with Crippen LogP contribution in [-0.4, -0.2) is 35.7 Å². The van der Waals surface area contributed by atoms with Gasteiger partial charge >= 0.3 is 18.1 Å². The molecule has 0 radical (unpaired) electrons. The Morgan fingerprint density at radius 1 is 1.14 bits per heavy atom. The van der Waals surface area contributed by atoms with Crippen LogP contribution in [0.1, 0.15) is 46.0 Å². The summed E-state index contributed by atoms with van der Waals surface area (Å²) in [6.45, 7) is 3.81. The van der Waals surface area contributed by atoms with Gasteiger partial charge in [0.25, 0.3) is 0 Å². The van der Waals surface area contributed by atoms with Crippen molar-refractivity contribution in [1.29, 1.82) is 0 Å². The van der Waals surface area contributed by atoms with Crippen LogP contribution in [0, 0.1) is 0 Å². The quantitative estimate of drug-likeness (QED) is 0.325. The Morgan fingerprint density at radius 2 is 1.76 bits per heavy atom. The van der Waals surface area contributed by atoms with Gasteiger partial charge in [0.1, 0.15) is 5.25 Å². The molecular formula is C13H21F5O2S. The van der Waals surface area contributed by atoms with Gasteiger partial charge in [0, 0.05) is 6.42 Å². The first kappa shape index (κ1) is 20.5. The molecule has 0 aliphatic heterocycles. The smallest absolute Gasteiger partial charge is 0.453 e. The van der Waals surface area contributed by atoms with Crippen molar-refractivity contribution in [3.63, 3.8) is 0 Å². The zero-order chi connectivity index (χ0) is 16.5. The summed E-state index contributed by atoms with van der Waals surface area (Å²) in [7, 11) is 0. The summed E-state index contributed by atoms with van der Waals surface area (Å²) in [4.78, 5) is 11.6. The van der Waals surface area contributed by atoms with Crippen LogP contribution in [0.4, 0.5) is 22.0 Å². The fourth-order valence-corrected chi connectivity index (χ4v) is 2.69. The van der Waals surface area contributed by atoms with Gasteiger partial charge in [-0.3, -0.25) is 4.79 Å². The molecule has 21 heavy (non-hydrogen) atoms. The third kappa shape index (κ3) is 7.87. The number of esters is 1. The second kappa shape index (κ2) is 9.48. The molecule has 1 atom stereocenters. The number of carbonyl (C=O) groups excluding carboxylic acids is 1. The van der Waals surface area contributed by atoms with E-state index < -0.39 is 29.7 Å². The minimum Gasteiger partial charge on any atom is -0.465 e. The predicted octanol–water partition coefficient (Wildman–Crippen LogP) is 4.82. The van der Waals surface area contributed by atoms with Crippen LogP contribution >= 0.6 is 11.8 Å². The van der Waals surface area contributed by atoms with Gasteiger partial charge in [-0.2, -0.15) is 22.0 Å². The van der Waals surface area contributed by atoms with Gasteiger partial charge in [0.05, 0.1) is 6.61 Å². The molecule has 0 aromatic heterocycles. The zero-order valence-electron chi connectivity index (χ0n) is 12.1. The summed E-state index contributed by atoms with van der Waals surface area (Å²) in [5.74, 6) is -5.03. The number of hydrogen-bond acceptors (Lipinski definition) is 3. The first-order valence-corrected chi connectivity index (χ1v) is 7.93. The molecule has 2 nitrogen and oxygen atoms in total. The number of unbranched alkanes of at least 4 members (excludes halogenated alkanes) is 1. The van der Waals surface area contributed by atoms with E-state index in [1.165, 1.54) is 0 Å². The van der Waals surface area contributed by atoms with Crippen LogP contribution < -0.4 is 0 Å². The van der Waals surface area contributed by atoms with Crippen LogP contribution in [0.2, 0.25) is 0 Å². The van der Waals surface area contributed by atoms with E-state index in [0.717, 1.165) is 24.6 Å². The molecule has 0 fully saturated rings. The van der Waals surface area contributed by atoms with Gasteiger partial charge in [-0.05, 0) is 25.5 Å². The molecule has 0 saturated carbocycles. The normalized spacial score (nSPS) is 14.0. The van der Waals surface area contributed by atoms with Crippen molar-refractivity contribution in [3.8, 4) is 0 Å². The molecule has 0 aromatic rings. The van der Waals surface area contributed by atoms with Gasteiger partial charge in [-0.15, -0.1) is 11.8 Å². The fourth-order valence-electron chi connectivity index (χ4n) is 1.56. The lowest BCUT2D eigenvalue weighted by molar-refractivity contribution is -0.284. The summed E-state index contributed by atoms with van der Waals surface area (Å²) in [5, 5.41) is -0.496. The van der Waals surface area contributed by atoms with Crippen molar-refractivity contribution in [2.45, 2.75) is 63.3 Å². The lowest BCUT2D eigenvalue weighted by Gasteiger charge is -2.20. The molecule has 126 valence electrons. The number of thioether (sulfide) groups is 1. The average molecular weight is 336 g/mol. The second-order valence-electron chi connectivity index (χ2n) is 4.56. The summed E-state index contributed by atoms with van der Waals surface area (Å²) in [5.41, 5.74) is 0. The number of hydrogen-bond donors (Lipinski definition) is 0. The Kier molecular flexibility index (Phi) is 9.24. The van der Waals surface area contributed by atoms with E-state index in [2.05, 4.69) is 0 Å². The largest absolute Gasteiger partial charge is 0.465 e. The maximum Gasteiger partial charge on any atom is 0.453 e. The van der Waals surface area contributed by atoms with Crippen molar-refractivity contribution < 1.29 is 31.5 Å². The van der Waals surface area contributed by atoms with E-state index >= 15 is 0 Å². The molecule has 1 unspecified atom stereocenters. The first-order valence-electron chi connectivity index (χ1n) is 6.88. The average Bonchev–Trinajstić information content (AvgIpc) is 2.36. The third-order valence-electron chi connectivity index (χ3n) is 2.74. The summed E-state index contributed by atoms with van der Waals surface area (Å²) in [6.07, 6.45) is -4.90. The topological polar surface area (TPSA) is 26.3 Å². The highest BCUT2D eigenvalue weighted by Gasteiger charge is 2.56. The van der Waals surface area contributed by atoms with E-state index in [1.54, 1.807) is 6.92 Å². The summed E-state index contributed by atoms with van der Waals surface area (Å²) >= 11 is 1.09. The van der Waals surface area contributed by atoms with Crippen molar-refractivity contribution in [3.05, 3.63) is 0 Å². The van der Waals surface area contributed by atoms with Crippen LogP contribution in [-0.2, 0) is 9.53 Å². The Bertz CT molecular complexity index is 307. The monoisotopic (exact) mass is 336 g/mol. The Morgan fingerprint density at radius 3 is 2.24 bits per heavy atom. The lowest BCUT2D eigenvalue weighted by Crippen LogP contribution is -2.36. The minimum atomic E-state index is -5.51. The first-order chi connectivity index (χ1) is 9.65. The lowest BCUT2D eigenvalue weighted by atomic mass is 10.2. The zero-order valence-corrected chi connectivity index (χ0v) is 13.0. The molecule has 0 rings (SSSR count). The Hall–Kier alpha value is -0.530. The van der Waals surface area contributed by atoms with Gasteiger partial charge in [-0.25, -0.2) is 0 Å². The highest BCUT2D eigenvalue weighted by atomic mass is 32.2. The van der Waals surface area contributed by atoms with Gasteiger partial charge in [0.15, 0.2) is 0 Å². The van der Waals surface area contributed by atoms with Crippen molar-refractivity contribution in [2.75, 3.05) is 12.4 Å². The van der Waals surface area contributed by atoms with E-state index in [1.807, 2.05) is 6.92 Å². The second-order valence-corrected chi connectivity index (χ2v) is 5.87. The van der Waals surface area contributed by atoms with E-state index in [-0.39, 0.29) is 18.8 Å². The molecule has 0 spiro atoms. The summed E-state index contributed by atoms with van der Waals surface area (Å²) in [6, 6.07) is 0. The molecule has 0 aliphatic rings. The SMILES string of the molecule is CCCCC(SCCCC(F)(F)C(F)(F)F)C(=O)OCC. The Balaban J connectivity index is 4.22. The van der Waals surface area contributed by atoms with Gasteiger partial charge in [0.2, 0.25) is 0 Å². The molecule has 0 amide bonds. The number of alkyl halides is 5. The third-order valence-corrected chi connectivity index (χ3v) is 4.09. The van der Waals surface area contributed by atoms with E-state index in [9.17, 15) is 26.7 Å². The molecule has 8 heteroatoms. The highest BCUT2D eigenvalue weighted by molar-refractivity contribution is 8.00. The molecule has 0 saturated heterocycles. The number of ether oxygens (including phenoxy) is 1. The van der Waals surface area contributed by atoms with E-state index in [0.29, 0.717) is 6.42 Å². The standard InChI is InChI=1S/C13H21F5O2S/c1-3-5-7-10(11(19)20-4-2)21-9-6-8-12(14,15)13(16,17)18/h10H,3-9H2,1-2H3. The molecule has 0 heterocycles. The number of rotatable bonds is 10. The highest BCUT2D eigenvalue weighted by Crippen LogP contribution is 2.39. The van der Waals surface area contributed by atoms with Gasteiger partial charge < -0.3 is 4.74 Å². The predicted molar refractivity (Wildman–Crippen MR) is 72.6 cm³/mol. The van der Waals surface area contributed by atoms with Crippen LogP contribution in [0.15, 0.2) is 0 Å². The Labute approximate surface area is 125 Å². The van der Waals surface area contributed by atoms with Crippen molar-refractivity contribution in [2.24, 2.45) is 0 Å². The van der Waals surface area contributed by atoms with Crippen molar-refractivity contribution >= 4 is 17.7 Å². The molecule has 0 aromatic carbocycles. The molecule has 0 aliphatic carbocycles. The number of carbonyl (C=O) groups is 1. The molecule has 0 N–H and O–H groups in total. The molecule has 0 bridgehead atoms. The minimum absolute atomic E-state index is 0.0683. The maximum absolute atomic E-state index is 12.7.